The Bertz CT molecular complexity index is 575. The molecule has 17 heavy (non-hydrogen) atoms. The molecule has 0 radical (unpaired) electrons. The fraction of sp³-hybridized carbons (Fsp3) is 0. The number of carbonyl (C=O) groups excluding carboxylic acids is 2. The van der Waals surface area contributed by atoms with Crippen molar-refractivity contribution in [2.75, 3.05) is 4.90 Å². The number of anilines is 1. The Balaban J connectivity index is 2.13. The van der Waals surface area contributed by atoms with Crippen LogP contribution in [0, 0.1) is 0 Å². The van der Waals surface area contributed by atoms with Crippen LogP contribution in [-0.2, 0) is 0 Å². The molecule has 0 aromatic carbocycles. The first-order valence-electron chi connectivity index (χ1n) is 5.03. The predicted octanol–water partition coefficient (Wildman–Crippen LogP) is 1.28. The molecule has 0 saturated carbocycles. The number of amides is 2. The van der Waals surface area contributed by atoms with Gasteiger partial charge in [-0.15, -0.1) is 0 Å². The van der Waals surface area contributed by atoms with Crippen molar-refractivity contribution in [3.05, 3.63) is 54.1 Å². The third-order valence-corrected chi connectivity index (χ3v) is 2.57. The zero-order valence-corrected chi connectivity index (χ0v) is 8.70. The van der Waals surface area contributed by atoms with Gasteiger partial charge in [0.05, 0.1) is 11.3 Å². The standard InChI is InChI=1S/C12H7N3O2/c16-11-9-2-1-5-14-10(9)12(17)15(11)8-3-6-13-7-4-8/h1-7H. The van der Waals surface area contributed by atoms with Gasteiger partial charge in [-0.25, -0.2) is 4.90 Å². The maximum Gasteiger partial charge on any atom is 0.284 e. The number of imide groups is 1. The maximum absolute atomic E-state index is 12.1. The molecule has 0 bridgehead atoms. The second-order valence-corrected chi connectivity index (χ2v) is 3.55. The van der Waals surface area contributed by atoms with Gasteiger partial charge in [0.2, 0.25) is 0 Å². The molecule has 3 rings (SSSR count). The van der Waals surface area contributed by atoms with E-state index >= 15 is 0 Å². The van der Waals surface area contributed by atoms with Gasteiger partial charge in [-0.3, -0.25) is 19.6 Å². The summed E-state index contributed by atoms with van der Waals surface area (Å²) >= 11 is 0. The lowest BCUT2D eigenvalue weighted by molar-refractivity contribution is 0.0924. The second kappa shape index (κ2) is 3.48. The molecule has 0 spiro atoms. The topological polar surface area (TPSA) is 63.2 Å². The average Bonchev–Trinajstić information content (AvgIpc) is 2.64. The summed E-state index contributed by atoms with van der Waals surface area (Å²) in [6, 6.07) is 6.47. The summed E-state index contributed by atoms with van der Waals surface area (Å²) in [6.45, 7) is 0. The monoisotopic (exact) mass is 225 g/mol. The summed E-state index contributed by atoms with van der Waals surface area (Å²) in [4.78, 5) is 33.0. The third kappa shape index (κ3) is 1.32. The number of fused-ring (bicyclic) bond motifs is 1. The van der Waals surface area contributed by atoms with Gasteiger partial charge in [0.1, 0.15) is 5.69 Å². The van der Waals surface area contributed by atoms with Crippen molar-refractivity contribution in [2.45, 2.75) is 0 Å². The van der Waals surface area contributed by atoms with Crippen molar-refractivity contribution < 1.29 is 9.59 Å². The predicted molar refractivity (Wildman–Crippen MR) is 59.6 cm³/mol. The minimum Gasteiger partial charge on any atom is -0.268 e. The van der Waals surface area contributed by atoms with Gasteiger partial charge in [-0.05, 0) is 24.3 Å². The van der Waals surface area contributed by atoms with Crippen LogP contribution in [0.1, 0.15) is 20.8 Å². The maximum atomic E-state index is 12.1. The molecular formula is C12H7N3O2. The Labute approximate surface area is 96.7 Å². The molecule has 0 saturated heterocycles. The highest BCUT2D eigenvalue weighted by molar-refractivity contribution is 6.33. The molecule has 0 fully saturated rings. The number of aromatic nitrogens is 2. The van der Waals surface area contributed by atoms with Crippen LogP contribution in [0.5, 0.6) is 0 Å². The van der Waals surface area contributed by atoms with Crippen LogP contribution >= 0.6 is 0 Å². The highest BCUT2D eigenvalue weighted by Crippen LogP contribution is 2.25. The van der Waals surface area contributed by atoms with Crippen molar-refractivity contribution in [2.24, 2.45) is 0 Å². The number of rotatable bonds is 1. The lowest BCUT2D eigenvalue weighted by Crippen LogP contribution is -2.29. The molecule has 5 nitrogen and oxygen atoms in total. The van der Waals surface area contributed by atoms with Gasteiger partial charge in [0.25, 0.3) is 11.8 Å². The van der Waals surface area contributed by atoms with Crippen LogP contribution in [0.3, 0.4) is 0 Å². The molecule has 1 aliphatic heterocycles. The van der Waals surface area contributed by atoms with Gasteiger partial charge in [0, 0.05) is 18.6 Å². The Hall–Kier alpha value is -2.56. The van der Waals surface area contributed by atoms with E-state index in [1.807, 2.05) is 0 Å². The van der Waals surface area contributed by atoms with Crippen LogP contribution in [-0.4, -0.2) is 21.8 Å². The lowest BCUT2D eigenvalue weighted by atomic mass is 10.2. The van der Waals surface area contributed by atoms with Crippen LogP contribution in [0.25, 0.3) is 0 Å². The van der Waals surface area contributed by atoms with E-state index in [4.69, 9.17) is 0 Å². The fourth-order valence-corrected chi connectivity index (χ4v) is 1.79. The number of pyridine rings is 2. The van der Waals surface area contributed by atoms with Crippen LogP contribution in [0.2, 0.25) is 0 Å². The molecule has 82 valence electrons. The highest BCUT2D eigenvalue weighted by atomic mass is 16.2. The number of nitrogens with zero attached hydrogens (tertiary/aromatic N) is 3. The molecule has 5 heteroatoms. The van der Waals surface area contributed by atoms with E-state index in [0.717, 1.165) is 4.90 Å². The number of carbonyl (C=O) groups is 2. The molecule has 3 heterocycles. The molecule has 0 unspecified atom stereocenters. The quantitative estimate of drug-likeness (QED) is 0.686. The first kappa shape index (κ1) is 9.65. The van der Waals surface area contributed by atoms with E-state index in [0.29, 0.717) is 11.3 Å². The normalized spacial score (nSPS) is 14.0. The Kier molecular flexibility index (Phi) is 1.98. The van der Waals surface area contributed by atoms with Gasteiger partial charge >= 0.3 is 0 Å². The third-order valence-electron chi connectivity index (χ3n) is 2.57. The first-order chi connectivity index (χ1) is 8.29. The molecular weight excluding hydrogens is 218 g/mol. The molecule has 0 aliphatic carbocycles. The zero-order chi connectivity index (χ0) is 11.8. The van der Waals surface area contributed by atoms with Crippen molar-refractivity contribution in [1.82, 2.24) is 9.97 Å². The molecule has 0 atom stereocenters. The van der Waals surface area contributed by atoms with E-state index < -0.39 is 5.91 Å². The lowest BCUT2D eigenvalue weighted by Gasteiger charge is -2.12. The van der Waals surface area contributed by atoms with E-state index in [1.165, 1.54) is 18.6 Å². The van der Waals surface area contributed by atoms with Gasteiger partial charge in [-0.2, -0.15) is 0 Å². The van der Waals surface area contributed by atoms with Crippen molar-refractivity contribution >= 4 is 17.5 Å². The van der Waals surface area contributed by atoms with Gasteiger partial charge in [0.15, 0.2) is 0 Å². The molecule has 2 amide bonds. The van der Waals surface area contributed by atoms with Gasteiger partial charge < -0.3 is 0 Å². The van der Waals surface area contributed by atoms with Crippen LogP contribution in [0.15, 0.2) is 42.9 Å². The summed E-state index contributed by atoms with van der Waals surface area (Å²) in [5, 5.41) is 0. The van der Waals surface area contributed by atoms with Crippen molar-refractivity contribution in [3.8, 4) is 0 Å². The van der Waals surface area contributed by atoms with Crippen LogP contribution < -0.4 is 4.90 Å². The Morgan fingerprint density at radius 2 is 1.71 bits per heavy atom. The smallest absolute Gasteiger partial charge is 0.268 e. The fourth-order valence-electron chi connectivity index (χ4n) is 1.79. The minimum atomic E-state index is -0.392. The number of hydrogen-bond acceptors (Lipinski definition) is 4. The van der Waals surface area contributed by atoms with E-state index in [9.17, 15) is 9.59 Å². The Morgan fingerprint density at radius 3 is 2.41 bits per heavy atom. The van der Waals surface area contributed by atoms with Gasteiger partial charge in [-0.1, -0.05) is 0 Å². The summed E-state index contributed by atoms with van der Waals surface area (Å²) in [5.41, 5.74) is 1.05. The molecule has 0 N–H and O–H groups in total. The first-order valence-corrected chi connectivity index (χ1v) is 5.03. The summed E-state index contributed by atoms with van der Waals surface area (Å²) in [7, 11) is 0. The zero-order valence-electron chi connectivity index (χ0n) is 8.70. The van der Waals surface area contributed by atoms with E-state index in [1.54, 1.807) is 24.3 Å². The van der Waals surface area contributed by atoms with Crippen LogP contribution in [0.4, 0.5) is 5.69 Å². The van der Waals surface area contributed by atoms with E-state index in [-0.39, 0.29) is 11.6 Å². The molecule has 1 aliphatic rings. The average molecular weight is 225 g/mol. The highest BCUT2D eigenvalue weighted by Gasteiger charge is 2.37. The second-order valence-electron chi connectivity index (χ2n) is 3.55. The van der Waals surface area contributed by atoms with Crippen molar-refractivity contribution in [3.63, 3.8) is 0 Å². The SMILES string of the molecule is O=C1c2cccnc2C(=O)N1c1ccncc1. The van der Waals surface area contributed by atoms with Crippen molar-refractivity contribution in [1.29, 1.82) is 0 Å². The minimum absolute atomic E-state index is 0.203. The molecule has 2 aromatic heterocycles. The summed E-state index contributed by atoms with van der Waals surface area (Å²) in [6.07, 6.45) is 4.57. The molecule has 2 aromatic rings. The van der Waals surface area contributed by atoms with E-state index in [2.05, 4.69) is 9.97 Å². The summed E-state index contributed by atoms with van der Waals surface area (Å²) in [5.74, 6) is -0.735. The largest absolute Gasteiger partial charge is 0.284 e. The number of hydrogen-bond donors (Lipinski definition) is 0. The summed E-state index contributed by atoms with van der Waals surface area (Å²) < 4.78 is 0. The Morgan fingerprint density at radius 1 is 0.941 bits per heavy atom.